The van der Waals surface area contributed by atoms with E-state index in [0.717, 1.165) is 130 Å². The Morgan fingerprint density at radius 1 is 0.267 bits per heavy atom. The van der Waals surface area contributed by atoms with E-state index in [1.54, 1.807) is 0 Å². The van der Waals surface area contributed by atoms with Gasteiger partial charge in [-0.2, -0.15) is 0 Å². The zero-order chi connectivity index (χ0) is 60.6. The SMILES string of the molecule is CC(C)(C)OP(N=C1P(N2CCCC2)CCC1(N1CCCC1)N1CCCC1)(N=C1P(N2CCCC2)CCC1(N1CCCC1)N1CCCC1)(N=C1P(N2CCCC2)CCC1(N1CCCC1)N1CCCC1)N=C1P(N2CCCC2)CCC1(N1CCCC1)N1CCCC1. The maximum absolute atomic E-state index is 9.38. The number of hydrogen-bond acceptors (Lipinski definition) is 17. The van der Waals surface area contributed by atoms with Gasteiger partial charge >= 0.3 is 554 Å². The van der Waals surface area contributed by atoms with E-state index in [-0.39, 0.29) is 22.7 Å². The molecular weight excluding hydrogens is 1210 g/mol. The molecule has 17 nitrogen and oxygen atoms in total. The third-order valence-electron chi connectivity index (χ3n) is 25.3. The molecule has 16 fully saturated rings. The molecule has 0 amide bonds. The van der Waals surface area contributed by atoms with E-state index in [4.69, 9.17) is 19.1 Å². The predicted molar refractivity (Wildman–Crippen MR) is 384 cm³/mol. The van der Waals surface area contributed by atoms with Crippen molar-refractivity contribution in [2.24, 2.45) is 19.1 Å². The summed E-state index contributed by atoms with van der Waals surface area (Å²) in [5.41, 5.74) is 3.99. The Bertz CT molecular complexity index is 2220. The van der Waals surface area contributed by atoms with Crippen LogP contribution in [0.4, 0.5) is 0 Å². The number of likely N-dealkylation sites (tertiary alicyclic amines) is 8. The molecule has 4 unspecified atom stereocenters. The summed E-state index contributed by atoms with van der Waals surface area (Å²) in [4.78, 5) is 24.5. The topological polar surface area (TPSA) is 97.5 Å². The standard InChI is InChI=1S/C68H121N16OP5/c1-64(2,3)85-90(69-60-65(73-32-4-5-33-73,74-34-6-7-35-74)28-56-86(60)81-48-20-21-49-81,70-61-66(75-36-8-9-37-75,76-38-10-11-39-76)29-57-87(61)82-50-22-23-51-82,71-62-67(77-40-12-13-41-77,78-42-14-15-43-78)30-58-88(62)83-52-24-25-53-83)72-63-68(79-44-16-17-45-79,80-46-18-19-47-80)31-59-89(63)84-54-26-27-55-84/h4-59H2,1-3H3. The molecule has 16 aliphatic heterocycles. The van der Waals surface area contributed by atoms with Crippen LogP contribution < -0.4 is 0 Å². The van der Waals surface area contributed by atoms with Gasteiger partial charge in [0.15, 0.2) is 0 Å². The summed E-state index contributed by atoms with van der Waals surface area (Å²) in [5.74, 6) is 0. The molecule has 0 aliphatic carbocycles. The van der Waals surface area contributed by atoms with E-state index in [9.17, 15) is 4.52 Å². The molecule has 16 heterocycles. The molecule has 0 radical (unpaired) electrons. The summed E-state index contributed by atoms with van der Waals surface area (Å²) < 4.78 is 52.2. The van der Waals surface area contributed by atoms with Crippen molar-refractivity contribution in [2.45, 2.75) is 229 Å². The van der Waals surface area contributed by atoms with Crippen molar-refractivity contribution in [3.8, 4) is 0 Å². The number of rotatable bonds is 17. The van der Waals surface area contributed by atoms with E-state index in [0.29, 0.717) is 0 Å². The Balaban J connectivity index is 1.12. The van der Waals surface area contributed by atoms with Gasteiger partial charge in [0, 0.05) is 0 Å². The summed E-state index contributed by atoms with van der Waals surface area (Å²) in [6, 6.07) is 0. The number of hydrogen-bond donors (Lipinski definition) is 0. The molecule has 22 heteroatoms. The van der Waals surface area contributed by atoms with Gasteiger partial charge in [-0.25, -0.2) is 0 Å². The van der Waals surface area contributed by atoms with Crippen molar-refractivity contribution in [1.82, 2.24) is 57.9 Å². The van der Waals surface area contributed by atoms with Gasteiger partial charge in [-0.15, -0.1) is 0 Å². The Morgan fingerprint density at radius 3 is 0.578 bits per heavy atom. The second kappa shape index (κ2) is 26.8. The summed E-state index contributed by atoms with van der Waals surface area (Å²) in [6.07, 6.45) is 40.2. The molecule has 16 rings (SSSR count). The van der Waals surface area contributed by atoms with Crippen LogP contribution in [0.25, 0.3) is 0 Å². The first-order valence-corrected chi connectivity index (χ1v) is 46.2. The van der Waals surface area contributed by atoms with Crippen LogP contribution in [-0.4, -0.2) is 290 Å². The average Bonchev–Trinajstić information content (AvgIpc) is 1.35. The first kappa shape index (κ1) is 65.0. The zero-order valence-corrected chi connectivity index (χ0v) is 61.4. The molecule has 16 saturated heterocycles. The van der Waals surface area contributed by atoms with Gasteiger partial charge in [-0.05, 0) is 0 Å². The first-order chi connectivity index (χ1) is 44.0. The van der Waals surface area contributed by atoms with E-state index in [1.807, 2.05) is 0 Å². The Labute approximate surface area is 550 Å². The third-order valence-corrected chi connectivity index (χ3v) is 39.8. The van der Waals surface area contributed by atoms with Gasteiger partial charge in [0.2, 0.25) is 0 Å². The van der Waals surface area contributed by atoms with Crippen LogP contribution in [0.1, 0.15) is 201 Å². The second-order valence-corrected chi connectivity index (χ2v) is 43.4. The molecular formula is C68H121N16OP5. The van der Waals surface area contributed by atoms with Gasteiger partial charge in [0.1, 0.15) is 0 Å². The fourth-order valence-electron chi connectivity index (χ4n) is 21.4. The van der Waals surface area contributed by atoms with Gasteiger partial charge in [0.25, 0.3) is 0 Å². The van der Waals surface area contributed by atoms with Crippen LogP contribution in [0.5, 0.6) is 0 Å². The molecule has 0 N–H and O–H groups in total. The average molecular weight is 1330 g/mol. The van der Waals surface area contributed by atoms with Crippen molar-refractivity contribution in [3.05, 3.63) is 0 Å². The Hall–Kier alpha value is 0.310. The quantitative estimate of drug-likeness (QED) is 0.129. The van der Waals surface area contributed by atoms with E-state index >= 15 is 0 Å². The fraction of sp³-hybridized carbons (Fsp3) is 0.941. The van der Waals surface area contributed by atoms with Crippen molar-refractivity contribution >= 4 is 61.5 Å². The molecule has 504 valence electrons. The van der Waals surface area contributed by atoms with Crippen LogP contribution in [0.2, 0.25) is 0 Å². The normalized spacial score (nSPS) is 37.0. The van der Waals surface area contributed by atoms with Crippen LogP contribution >= 0.6 is 39.7 Å². The van der Waals surface area contributed by atoms with Gasteiger partial charge in [-0.1, -0.05) is 0 Å². The molecule has 0 aromatic carbocycles. The minimum atomic E-state index is -5.37. The maximum atomic E-state index is 9.38. The van der Waals surface area contributed by atoms with Crippen LogP contribution in [-0.2, 0) is 4.52 Å². The summed E-state index contributed by atoms with van der Waals surface area (Å²) in [7, 11) is -8.72. The van der Waals surface area contributed by atoms with Gasteiger partial charge < -0.3 is 0 Å². The summed E-state index contributed by atoms with van der Waals surface area (Å²) in [6.45, 7) is 35.3. The van der Waals surface area contributed by atoms with Crippen LogP contribution in [0, 0.1) is 0 Å². The van der Waals surface area contributed by atoms with Crippen molar-refractivity contribution in [3.63, 3.8) is 0 Å². The van der Waals surface area contributed by atoms with Gasteiger partial charge in [0.05, 0.1) is 0 Å². The van der Waals surface area contributed by atoms with E-state index < -0.39 is 45.3 Å². The molecule has 0 bridgehead atoms. The van der Waals surface area contributed by atoms with Crippen molar-refractivity contribution in [1.29, 1.82) is 0 Å². The molecule has 90 heavy (non-hydrogen) atoms. The molecule has 4 atom stereocenters. The molecule has 0 saturated carbocycles. The van der Waals surface area contributed by atoms with Crippen molar-refractivity contribution < 1.29 is 4.52 Å². The van der Waals surface area contributed by atoms with Crippen LogP contribution in [0.3, 0.4) is 0 Å². The monoisotopic (exact) mass is 1330 g/mol. The first-order valence-electron chi connectivity index (χ1n) is 38.3. The molecule has 0 aromatic rings. The Morgan fingerprint density at radius 2 is 0.422 bits per heavy atom. The predicted octanol–water partition coefficient (Wildman–Crippen LogP) is 12.7. The minimum absolute atomic E-state index is 0.310. The van der Waals surface area contributed by atoms with E-state index in [2.05, 4.69) is 78.7 Å². The second-order valence-electron chi connectivity index (χ2n) is 31.7. The summed E-state index contributed by atoms with van der Waals surface area (Å²) in [5, 5.41) is 0. The Kier molecular flexibility index (Phi) is 19.3. The fourth-order valence-corrected chi connectivity index (χ4v) is 39.7. The third kappa shape index (κ3) is 11.4. The molecule has 0 aromatic heterocycles. The zero-order valence-electron chi connectivity index (χ0n) is 56.9. The van der Waals surface area contributed by atoms with Crippen LogP contribution in [0.15, 0.2) is 19.1 Å². The summed E-state index contributed by atoms with van der Waals surface area (Å²) >= 11 is 0. The number of nitrogens with zero attached hydrogens (tertiary/aromatic N) is 16. The molecule has 0 spiro atoms. The van der Waals surface area contributed by atoms with Gasteiger partial charge in [-0.3, -0.25) is 0 Å². The molecule has 16 aliphatic rings. The van der Waals surface area contributed by atoms with E-state index in [1.165, 1.54) is 253 Å². The van der Waals surface area contributed by atoms with Crippen molar-refractivity contribution in [2.75, 3.05) is 182 Å².